The van der Waals surface area contributed by atoms with Gasteiger partial charge in [0.2, 0.25) is 5.95 Å². The Bertz CT molecular complexity index is 1430. The number of benzene rings is 1. The SMILES string of the molecule is CCn1cc(-c2ccnc(Nc3ccc4c(c3)CCN(CC(=O)OC(C)(C)C)C4)n2)c(-c2cccnc2)n1. The second-order valence-electron chi connectivity index (χ2n) is 10.4. The summed E-state index contributed by atoms with van der Waals surface area (Å²) in [5.41, 5.74) is 6.44. The molecule has 5 rings (SSSR count). The summed E-state index contributed by atoms with van der Waals surface area (Å²) < 4.78 is 7.39. The zero-order valence-electron chi connectivity index (χ0n) is 22.3. The van der Waals surface area contributed by atoms with Crippen LogP contribution in [-0.4, -0.2) is 54.3 Å². The van der Waals surface area contributed by atoms with Crippen molar-refractivity contribution >= 4 is 17.6 Å². The smallest absolute Gasteiger partial charge is 0.320 e. The summed E-state index contributed by atoms with van der Waals surface area (Å²) >= 11 is 0. The van der Waals surface area contributed by atoms with E-state index in [0.29, 0.717) is 12.5 Å². The number of ether oxygens (including phenoxy) is 1. The summed E-state index contributed by atoms with van der Waals surface area (Å²) in [4.78, 5) is 27.9. The van der Waals surface area contributed by atoms with E-state index >= 15 is 0 Å². The minimum atomic E-state index is -0.471. The fraction of sp³-hybridized carbons (Fsp3) is 0.345. The fourth-order valence-corrected chi connectivity index (χ4v) is 4.57. The molecular weight excluding hydrogens is 478 g/mol. The van der Waals surface area contributed by atoms with E-state index in [-0.39, 0.29) is 5.97 Å². The van der Waals surface area contributed by atoms with Crippen LogP contribution in [0.3, 0.4) is 0 Å². The quantitative estimate of drug-likeness (QED) is 0.351. The summed E-state index contributed by atoms with van der Waals surface area (Å²) in [6.45, 7) is 10.3. The molecule has 4 heterocycles. The molecule has 38 heavy (non-hydrogen) atoms. The number of carbonyl (C=O) groups is 1. The van der Waals surface area contributed by atoms with E-state index < -0.39 is 5.60 Å². The van der Waals surface area contributed by atoms with Gasteiger partial charge in [-0.25, -0.2) is 9.97 Å². The average Bonchev–Trinajstić information content (AvgIpc) is 3.33. The summed E-state index contributed by atoms with van der Waals surface area (Å²) in [6.07, 6.45) is 8.20. The molecule has 0 amide bonds. The molecule has 0 atom stereocenters. The van der Waals surface area contributed by atoms with Crippen molar-refractivity contribution in [2.75, 3.05) is 18.4 Å². The summed E-state index contributed by atoms with van der Waals surface area (Å²) in [5.74, 6) is 0.332. The number of esters is 1. The lowest BCUT2D eigenvalue weighted by Crippen LogP contribution is -2.37. The van der Waals surface area contributed by atoms with Crippen LogP contribution in [0.5, 0.6) is 0 Å². The number of nitrogens with one attached hydrogen (secondary N) is 1. The van der Waals surface area contributed by atoms with Crippen LogP contribution in [0, 0.1) is 0 Å². The third kappa shape index (κ3) is 6.06. The van der Waals surface area contributed by atoms with Gasteiger partial charge in [-0.05, 0) is 75.6 Å². The predicted octanol–water partition coefficient (Wildman–Crippen LogP) is 4.87. The maximum absolute atomic E-state index is 12.3. The lowest BCUT2D eigenvalue weighted by atomic mass is 9.99. The number of hydrogen-bond acceptors (Lipinski definition) is 8. The van der Waals surface area contributed by atoms with Crippen molar-refractivity contribution in [1.29, 1.82) is 0 Å². The molecule has 0 saturated heterocycles. The fourth-order valence-electron chi connectivity index (χ4n) is 4.57. The third-order valence-electron chi connectivity index (χ3n) is 6.28. The van der Waals surface area contributed by atoms with Crippen LogP contribution in [-0.2, 0) is 29.0 Å². The first-order valence-electron chi connectivity index (χ1n) is 12.9. The topological polar surface area (TPSA) is 98.1 Å². The third-order valence-corrected chi connectivity index (χ3v) is 6.28. The van der Waals surface area contributed by atoms with Gasteiger partial charge in [0.25, 0.3) is 0 Å². The Balaban J connectivity index is 1.31. The van der Waals surface area contributed by atoms with Crippen LogP contribution in [0.15, 0.2) is 61.2 Å². The molecule has 0 fully saturated rings. The van der Waals surface area contributed by atoms with Crippen molar-refractivity contribution in [3.8, 4) is 22.5 Å². The zero-order chi connectivity index (χ0) is 26.7. The first-order valence-corrected chi connectivity index (χ1v) is 12.9. The first kappa shape index (κ1) is 25.5. The van der Waals surface area contributed by atoms with Crippen LogP contribution < -0.4 is 5.32 Å². The monoisotopic (exact) mass is 511 g/mol. The predicted molar refractivity (Wildman–Crippen MR) is 147 cm³/mol. The number of carbonyl (C=O) groups excluding carboxylic acids is 1. The van der Waals surface area contributed by atoms with Gasteiger partial charge in [-0.2, -0.15) is 5.10 Å². The normalized spacial score (nSPS) is 13.7. The Morgan fingerprint density at radius 3 is 2.76 bits per heavy atom. The molecule has 1 aliphatic heterocycles. The average molecular weight is 512 g/mol. The van der Waals surface area contributed by atoms with Crippen molar-refractivity contribution in [2.45, 2.75) is 52.8 Å². The van der Waals surface area contributed by atoms with Crippen LogP contribution in [0.2, 0.25) is 0 Å². The number of aromatic nitrogens is 5. The van der Waals surface area contributed by atoms with E-state index in [2.05, 4.69) is 39.2 Å². The van der Waals surface area contributed by atoms with Gasteiger partial charge in [-0.3, -0.25) is 19.4 Å². The zero-order valence-corrected chi connectivity index (χ0v) is 22.3. The van der Waals surface area contributed by atoms with E-state index in [4.69, 9.17) is 14.8 Å². The molecule has 0 saturated carbocycles. The highest BCUT2D eigenvalue weighted by molar-refractivity contribution is 5.78. The largest absolute Gasteiger partial charge is 0.459 e. The lowest BCUT2D eigenvalue weighted by Gasteiger charge is -2.29. The highest BCUT2D eigenvalue weighted by Gasteiger charge is 2.22. The Morgan fingerprint density at radius 1 is 1.13 bits per heavy atom. The molecule has 3 aromatic heterocycles. The van der Waals surface area contributed by atoms with Gasteiger partial charge < -0.3 is 10.1 Å². The minimum Gasteiger partial charge on any atom is -0.459 e. The van der Waals surface area contributed by atoms with Crippen molar-refractivity contribution < 1.29 is 9.53 Å². The van der Waals surface area contributed by atoms with E-state index in [1.807, 2.05) is 62.1 Å². The number of fused-ring (bicyclic) bond motifs is 1. The van der Waals surface area contributed by atoms with Gasteiger partial charge in [0, 0.05) is 61.2 Å². The van der Waals surface area contributed by atoms with E-state index in [0.717, 1.165) is 54.3 Å². The Labute approximate surface area is 222 Å². The van der Waals surface area contributed by atoms with Gasteiger partial charge in [0.05, 0.1) is 12.2 Å². The molecule has 1 N–H and O–H groups in total. The van der Waals surface area contributed by atoms with E-state index in [1.54, 1.807) is 12.4 Å². The summed E-state index contributed by atoms with van der Waals surface area (Å²) in [5, 5.41) is 8.11. The first-order chi connectivity index (χ1) is 18.3. The number of nitrogens with zero attached hydrogens (tertiary/aromatic N) is 6. The van der Waals surface area contributed by atoms with Crippen LogP contribution in [0.4, 0.5) is 11.6 Å². The summed E-state index contributed by atoms with van der Waals surface area (Å²) in [7, 11) is 0. The molecule has 9 nitrogen and oxygen atoms in total. The second-order valence-corrected chi connectivity index (χ2v) is 10.4. The molecule has 0 spiro atoms. The number of anilines is 2. The van der Waals surface area contributed by atoms with Crippen molar-refractivity contribution in [2.24, 2.45) is 0 Å². The minimum absolute atomic E-state index is 0.188. The number of rotatable bonds is 7. The Kier molecular flexibility index (Phi) is 7.20. The molecule has 0 unspecified atom stereocenters. The van der Waals surface area contributed by atoms with Crippen molar-refractivity contribution in [1.82, 2.24) is 29.6 Å². The Morgan fingerprint density at radius 2 is 2.00 bits per heavy atom. The number of aryl methyl sites for hydroxylation is 1. The van der Waals surface area contributed by atoms with Crippen LogP contribution >= 0.6 is 0 Å². The maximum Gasteiger partial charge on any atom is 0.320 e. The van der Waals surface area contributed by atoms with Crippen LogP contribution in [0.25, 0.3) is 22.5 Å². The van der Waals surface area contributed by atoms with Gasteiger partial charge in [0.15, 0.2) is 0 Å². The highest BCUT2D eigenvalue weighted by Crippen LogP contribution is 2.30. The lowest BCUT2D eigenvalue weighted by molar-refractivity contribution is -0.156. The molecule has 0 bridgehead atoms. The molecule has 4 aromatic rings. The standard InChI is InChI=1S/C29H33N7O2/c1-5-36-18-24(27(34-36)21-7-6-12-30-16-21)25-10-13-31-28(33-25)32-23-9-8-22-17-35(14-11-20(22)15-23)19-26(37)38-29(2,3)4/h6-10,12-13,15-16,18H,5,11,14,17,19H2,1-4H3,(H,31,32,33). The van der Waals surface area contributed by atoms with E-state index in [1.165, 1.54) is 11.1 Å². The molecule has 1 aromatic carbocycles. The molecular formula is C29H33N7O2. The maximum atomic E-state index is 12.3. The Hall–Kier alpha value is -4.11. The van der Waals surface area contributed by atoms with Gasteiger partial charge in [0.1, 0.15) is 11.3 Å². The number of hydrogen-bond donors (Lipinski definition) is 1. The van der Waals surface area contributed by atoms with Crippen molar-refractivity contribution in [3.63, 3.8) is 0 Å². The molecule has 1 aliphatic rings. The van der Waals surface area contributed by atoms with Crippen LogP contribution in [0.1, 0.15) is 38.8 Å². The van der Waals surface area contributed by atoms with Gasteiger partial charge in [-0.15, -0.1) is 0 Å². The molecule has 0 aliphatic carbocycles. The molecule has 9 heteroatoms. The van der Waals surface area contributed by atoms with Gasteiger partial charge in [-0.1, -0.05) is 6.07 Å². The second kappa shape index (κ2) is 10.7. The van der Waals surface area contributed by atoms with Gasteiger partial charge >= 0.3 is 5.97 Å². The number of pyridine rings is 1. The summed E-state index contributed by atoms with van der Waals surface area (Å²) in [6, 6.07) is 12.1. The molecule has 196 valence electrons. The van der Waals surface area contributed by atoms with E-state index in [9.17, 15) is 4.79 Å². The van der Waals surface area contributed by atoms with Crippen molar-refractivity contribution in [3.05, 3.63) is 72.3 Å². The molecule has 0 radical (unpaired) electrons. The highest BCUT2D eigenvalue weighted by atomic mass is 16.6.